The minimum absolute atomic E-state index is 0. The summed E-state index contributed by atoms with van der Waals surface area (Å²) < 4.78 is 4.19. The zero-order valence-electron chi connectivity index (χ0n) is 13.1. The molecule has 0 aliphatic heterocycles. The smallest absolute Gasteiger partial charge is 0.656 e. The summed E-state index contributed by atoms with van der Waals surface area (Å²) in [5.74, 6) is 0. The van der Waals surface area contributed by atoms with Crippen LogP contribution in [0.15, 0.2) is 0 Å². The summed E-state index contributed by atoms with van der Waals surface area (Å²) in [6.07, 6.45) is 7.57. The van der Waals surface area contributed by atoms with Gasteiger partial charge in [-0.3, -0.25) is 18.3 Å². The van der Waals surface area contributed by atoms with E-state index in [1.165, 1.54) is 33.6 Å². The Bertz CT molecular complexity index is 538. The van der Waals surface area contributed by atoms with Crippen LogP contribution < -0.4 is 0 Å². The summed E-state index contributed by atoms with van der Waals surface area (Å²) in [5, 5.41) is 0. The normalized spacial score (nSPS) is 10.3. The van der Waals surface area contributed by atoms with Crippen LogP contribution >= 0.6 is 0 Å². The van der Waals surface area contributed by atoms with Crippen LogP contribution in [0.25, 0.3) is 0 Å². The Morgan fingerprint density at radius 1 is 0.750 bits per heavy atom. The van der Waals surface area contributed by atoms with Crippen molar-refractivity contribution in [3.05, 3.63) is 59.1 Å². The van der Waals surface area contributed by atoms with E-state index in [-0.39, 0.29) is 21.1 Å². The predicted octanol–water partition coefficient (Wildman–Crippen LogP) is 3.85. The second-order valence-electron chi connectivity index (χ2n) is 5.24. The van der Waals surface area contributed by atoms with Crippen LogP contribution in [0.2, 0.25) is 0 Å². The fraction of sp³-hybridized carbons (Fsp3) is 0.412. The van der Waals surface area contributed by atoms with E-state index in [0.29, 0.717) is 0 Å². The van der Waals surface area contributed by atoms with Crippen molar-refractivity contribution in [2.75, 3.05) is 0 Å². The summed E-state index contributed by atoms with van der Waals surface area (Å²) in [4.78, 5) is 0. The van der Waals surface area contributed by atoms with Crippen molar-refractivity contribution < 1.29 is 21.1 Å². The molecule has 2 aromatic heterocycles. The van der Waals surface area contributed by atoms with Crippen LogP contribution in [0.1, 0.15) is 40.1 Å². The molecule has 0 aromatic carbocycles. The first kappa shape index (κ1) is 17.0. The van der Waals surface area contributed by atoms with Crippen LogP contribution in [0.3, 0.4) is 0 Å². The molecule has 2 aromatic rings. The summed E-state index contributed by atoms with van der Waals surface area (Å²) in [5.41, 5.74) is 7.64. The van der Waals surface area contributed by atoms with Crippen molar-refractivity contribution >= 4 is 0 Å². The molecule has 0 unspecified atom stereocenters. The number of hydrogen-bond acceptors (Lipinski definition) is 0. The molecular weight excluding hydrogens is 427 g/mol. The first-order valence-electron chi connectivity index (χ1n) is 6.73. The Kier molecular flexibility index (Phi) is 5.65. The van der Waals surface area contributed by atoms with E-state index in [1.54, 1.807) is 0 Å². The molecule has 2 heterocycles. The quantitative estimate of drug-likeness (QED) is 0.628. The minimum Gasteiger partial charge on any atom is -0.656 e. The molecule has 0 saturated carbocycles. The van der Waals surface area contributed by atoms with Crippen LogP contribution in [-0.4, -0.2) is 9.13 Å². The maximum atomic E-state index is 3.35. The fourth-order valence-electron chi connectivity index (χ4n) is 2.22. The van der Waals surface area contributed by atoms with Crippen LogP contribution in [0, 0.1) is 67.0 Å². The van der Waals surface area contributed by atoms with Crippen LogP contribution in [0.4, 0.5) is 0 Å². The van der Waals surface area contributed by atoms with E-state index in [0.717, 1.165) is 6.42 Å². The molecule has 20 heavy (non-hydrogen) atoms. The Morgan fingerprint density at radius 2 is 1.10 bits per heavy atom. The van der Waals surface area contributed by atoms with Gasteiger partial charge >= 0.3 is 21.1 Å². The van der Waals surface area contributed by atoms with E-state index in [1.807, 2.05) is 0 Å². The number of nitrogens with zero attached hydrogens (tertiary/aromatic N) is 2. The van der Waals surface area contributed by atoms with Gasteiger partial charge in [0, 0.05) is 0 Å². The summed E-state index contributed by atoms with van der Waals surface area (Å²) in [6, 6.07) is 0. The Labute approximate surface area is 137 Å². The molecule has 0 aliphatic rings. The van der Waals surface area contributed by atoms with Crippen molar-refractivity contribution in [3.8, 4) is 0 Å². The third kappa shape index (κ3) is 3.17. The molecule has 3 heteroatoms. The van der Waals surface area contributed by atoms with Crippen molar-refractivity contribution in [1.82, 2.24) is 9.13 Å². The summed E-state index contributed by atoms with van der Waals surface area (Å²) in [6.45, 7) is 17.1. The van der Waals surface area contributed by atoms with Crippen molar-refractivity contribution in [2.24, 2.45) is 0 Å². The van der Waals surface area contributed by atoms with Gasteiger partial charge in [0.15, 0.2) is 0 Å². The third-order valence-electron chi connectivity index (χ3n) is 4.09. The molecule has 0 N–H and O–H groups in total. The predicted molar refractivity (Wildman–Crippen MR) is 79.0 cm³/mol. The largest absolute Gasteiger partial charge is 4.00 e. The standard InChI is InChI=1S/C17H22N2.Pt/c1-12-10-18(16(5)14(12)3)8-7-9-19-11-13(2)15(4)17(19)6;/h8-9H,7H2,1-6H3;/q-4;+4. The average molecular weight is 449 g/mol. The number of hydrogen-bond donors (Lipinski definition) is 0. The maximum absolute atomic E-state index is 3.35. The molecule has 110 valence electrons. The van der Waals surface area contributed by atoms with Gasteiger partial charge < -0.3 is 9.13 Å². The van der Waals surface area contributed by atoms with Gasteiger partial charge in [-0.25, -0.2) is 23.1 Å². The van der Waals surface area contributed by atoms with Gasteiger partial charge in [0.25, 0.3) is 0 Å². The molecule has 0 aliphatic carbocycles. The van der Waals surface area contributed by atoms with Crippen molar-refractivity contribution in [3.63, 3.8) is 0 Å². The molecule has 2 rings (SSSR count). The minimum atomic E-state index is 0. The van der Waals surface area contributed by atoms with Gasteiger partial charge in [0.05, 0.1) is 0 Å². The number of aryl methyl sites for hydroxylation is 2. The molecule has 0 amide bonds. The Balaban J connectivity index is 0.00000200. The molecule has 2 nitrogen and oxygen atoms in total. The number of aromatic nitrogens is 2. The van der Waals surface area contributed by atoms with Gasteiger partial charge in [-0.15, -0.1) is 27.2 Å². The second kappa shape index (κ2) is 6.63. The van der Waals surface area contributed by atoms with E-state index in [2.05, 4.69) is 76.2 Å². The molecule has 0 bridgehead atoms. The van der Waals surface area contributed by atoms with Crippen molar-refractivity contribution in [1.29, 1.82) is 0 Å². The van der Waals surface area contributed by atoms with Crippen LogP contribution in [-0.2, 0) is 21.1 Å². The van der Waals surface area contributed by atoms with E-state index in [9.17, 15) is 0 Å². The zero-order valence-corrected chi connectivity index (χ0v) is 15.3. The fourth-order valence-corrected chi connectivity index (χ4v) is 2.22. The first-order chi connectivity index (χ1) is 8.91. The van der Waals surface area contributed by atoms with Gasteiger partial charge in [0.2, 0.25) is 0 Å². The summed E-state index contributed by atoms with van der Waals surface area (Å²) in [7, 11) is 0. The SMILES string of the molecule is Cc1[c-]n([CH-]C[CH-]n2[c-]c(C)c(C)c2C)c(C)c1C.[Pt+4]. The third-order valence-corrected chi connectivity index (χ3v) is 4.09. The molecule has 0 saturated heterocycles. The monoisotopic (exact) mass is 449 g/mol. The van der Waals surface area contributed by atoms with Gasteiger partial charge in [0.1, 0.15) is 0 Å². The molecular formula is C17H22N2Pt. The molecule has 0 spiro atoms. The van der Waals surface area contributed by atoms with E-state index in [4.69, 9.17) is 0 Å². The molecule has 0 fully saturated rings. The van der Waals surface area contributed by atoms with Crippen LogP contribution in [0.5, 0.6) is 0 Å². The Morgan fingerprint density at radius 3 is 1.35 bits per heavy atom. The zero-order chi connectivity index (χ0) is 14.2. The van der Waals surface area contributed by atoms with E-state index >= 15 is 0 Å². The van der Waals surface area contributed by atoms with Gasteiger partial charge in [-0.1, -0.05) is 20.8 Å². The topological polar surface area (TPSA) is 9.86 Å². The first-order valence-corrected chi connectivity index (χ1v) is 6.73. The van der Waals surface area contributed by atoms with Gasteiger partial charge in [-0.2, -0.15) is 17.7 Å². The maximum Gasteiger partial charge on any atom is 4.00 e. The Hall–Kier alpha value is -1.01. The molecule has 0 radical (unpaired) electrons. The van der Waals surface area contributed by atoms with Gasteiger partial charge in [-0.05, 0) is 0 Å². The molecule has 0 atom stereocenters. The van der Waals surface area contributed by atoms with Crippen molar-refractivity contribution in [2.45, 2.75) is 48.0 Å². The summed E-state index contributed by atoms with van der Waals surface area (Å²) >= 11 is 0. The average Bonchev–Trinajstić information content (AvgIpc) is 2.76. The number of rotatable bonds is 4. The second-order valence-corrected chi connectivity index (χ2v) is 5.24. The van der Waals surface area contributed by atoms with E-state index < -0.39 is 0 Å².